The molecule has 39 heavy (non-hydrogen) atoms. The van der Waals surface area contributed by atoms with Gasteiger partial charge in [0.05, 0.1) is 17.6 Å². The van der Waals surface area contributed by atoms with Crippen molar-refractivity contribution >= 4 is 17.1 Å². The van der Waals surface area contributed by atoms with Gasteiger partial charge in [-0.15, -0.1) is 0 Å². The van der Waals surface area contributed by atoms with E-state index in [1.54, 1.807) is 38.2 Å². The molecule has 0 saturated carbocycles. The molecule has 0 bridgehead atoms. The number of aliphatic hydroxyl groups excluding tert-OH is 5. The summed E-state index contributed by atoms with van der Waals surface area (Å²) in [6.07, 6.45) is 6.27. The number of hydrogen-bond acceptors (Lipinski definition) is 6. The fourth-order valence-corrected chi connectivity index (χ4v) is 5.26. The van der Waals surface area contributed by atoms with E-state index in [2.05, 4.69) is 0 Å². The van der Waals surface area contributed by atoms with Gasteiger partial charge in [0, 0.05) is 6.61 Å². The minimum atomic E-state index is -0.996. The zero-order valence-corrected chi connectivity index (χ0v) is 23.5. The minimum absolute atomic E-state index is 0.0762. The van der Waals surface area contributed by atoms with E-state index in [0.717, 1.165) is 12.8 Å². The molecular weight excluding hydrogens is 496 g/mol. The Labute approximate surface area is 231 Å². The highest BCUT2D eigenvalue weighted by Gasteiger charge is 2.31. The molecule has 0 aromatic heterocycles. The van der Waals surface area contributed by atoms with Gasteiger partial charge in [0.15, 0.2) is 0 Å². The third kappa shape index (κ3) is 7.77. The van der Waals surface area contributed by atoms with E-state index in [0.29, 0.717) is 59.1 Å². The van der Waals surface area contributed by atoms with E-state index in [1.165, 1.54) is 0 Å². The van der Waals surface area contributed by atoms with Crippen LogP contribution >= 0.6 is 0 Å². The predicted octanol–water partition coefficient (Wildman–Crippen LogP) is 4.25. The van der Waals surface area contributed by atoms with Gasteiger partial charge in [-0.2, -0.15) is 0 Å². The standard InChI is InChI=1S/C32H44O7/c1-31(2,19-33)13-7-9-20-15-22(34)17-26(28(20)36)24-11-5-6-12-25(24)27-18-23(35)16-21(29(27)37)10-8-14-32(3,4)30(38)39/h5-6,11-12,15-18,22-23,28-29,33-37H,7-10,13-14,19H2,1-4H3,(H,38,39). The molecule has 1 aromatic rings. The summed E-state index contributed by atoms with van der Waals surface area (Å²) in [5, 5.41) is 62.8. The Kier molecular flexibility index (Phi) is 10.1. The number of benzene rings is 1. The summed E-state index contributed by atoms with van der Waals surface area (Å²) in [6, 6.07) is 7.32. The van der Waals surface area contributed by atoms with Crippen LogP contribution in [0.15, 0.2) is 59.7 Å². The van der Waals surface area contributed by atoms with Crippen molar-refractivity contribution in [3.63, 3.8) is 0 Å². The van der Waals surface area contributed by atoms with Gasteiger partial charge in [0.25, 0.3) is 0 Å². The average Bonchev–Trinajstić information content (AvgIpc) is 2.87. The fraction of sp³-hybridized carbons (Fsp3) is 0.531. The quantitative estimate of drug-likeness (QED) is 0.218. The van der Waals surface area contributed by atoms with Crippen molar-refractivity contribution in [2.75, 3.05) is 6.61 Å². The Balaban J connectivity index is 1.82. The highest BCUT2D eigenvalue weighted by Crippen LogP contribution is 2.39. The summed E-state index contributed by atoms with van der Waals surface area (Å²) >= 11 is 0. The molecule has 6 N–H and O–H groups in total. The zero-order valence-electron chi connectivity index (χ0n) is 23.5. The largest absolute Gasteiger partial charge is 0.481 e. The Morgan fingerprint density at radius 2 is 1.18 bits per heavy atom. The highest BCUT2D eigenvalue weighted by molar-refractivity contribution is 5.86. The third-order valence-corrected chi connectivity index (χ3v) is 7.90. The van der Waals surface area contributed by atoms with Crippen molar-refractivity contribution in [3.05, 3.63) is 70.8 Å². The molecule has 1 aromatic carbocycles. The smallest absolute Gasteiger partial charge is 0.309 e. The maximum absolute atomic E-state index is 11.5. The van der Waals surface area contributed by atoms with Crippen molar-refractivity contribution in [1.29, 1.82) is 0 Å². The maximum Gasteiger partial charge on any atom is 0.309 e. The van der Waals surface area contributed by atoms with Crippen LogP contribution in [-0.2, 0) is 4.79 Å². The van der Waals surface area contributed by atoms with Crippen LogP contribution in [0, 0.1) is 10.8 Å². The topological polar surface area (TPSA) is 138 Å². The molecule has 2 aliphatic carbocycles. The second kappa shape index (κ2) is 12.7. The number of carbonyl (C=O) groups is 1. The summed E-state index contributed by atoms with van der Waals surface area (Å²) < 4.78 is 0. The van der Waals surface area contributed by atoms with Crippen LogP contribution in [0.4, 0.5) is 0 Å². The van der Waals surface area contributed by atoms with Gasteiger partial charge < -0.3 is 30.6 Å². The summed E-state index contributed by atoms with van der Waals surface area (Å²) in [4.78, 5) is 11.5. The lowest BCUT2D eigenvalue weighted by atomic mass is 9.79. The highest BCUT2D eigenvalue weighted by atomic mass is 16.4. The third-order valence-electron chi connectivity index (χ3n) is 7.90. The molecule has 0 spiro atoms. The molecule has 3 rings (SSSR count). The fourth-order valence-electron chi connectivity index (χ4n) is 5.26. The molecule has 7 nitrogen and oxygen atoms in total. The van der Waals surface area contributed by atoms with E-state index in [1.807, 2.05) is 38.1 Å². The van der Waals surface area contributed by atoms with Crippen molar-refractivity contribution in [1.82, 2.24) is 0 Å². The van der Waals surface area contributed by atoms with Crippen LogP contribution in [0.3, 0.4) is 0 Å². The lowest BCUT2D eigenvalue weighted by Crippen LogP contribution is -2.25. The van der Waals surface area contributed by atoms with Crippen LogP contribution < -0.4 is 0 Å². The second-order valence-electron chi connectivity index (χ2n) is 12.3. The van der Waals surface area contributed by atoms with Gasteiger partial charge in [0.2, 0.25) is 0 Å². The normalized spacial score (nSPS) is 24.0. The first-order chi connectivity index (χ1) is 18.3. The van der Waals surface area contributed by atoms with Crippen LogP contribution in [0.1, 0.15) is 77.3 Å². The molecule has 0 fully saturated rings. The molecule has 214 valence electrons. The monoisotopic (exact) mass is 540 g/mol. The van der Waals surface area contributed by atoms with Gasteiger partial charge in [0.1, 0.15) is 12.2 Å². The SMILES string of the molecule is CC(C)(CO)CCCC1=CC(O)C=C(c2ccccc2C2=CC(O)C=C(CCCC(C)(C)C(=O)O)C2O)C1O. The van der Waals surface area contributed by atoms with Crippen LogP contribution in [0.25, 0.3) is 11.1 Å². The van der Waals surface area contributed by atoms with E-state index >= 15 is 0 Å². The van der Waals surface area contributed by atoms with Gasteiger partial charge in [-0.25, -0.2) is 0 Å². The summed E-state index contributed by atoms with van der Waals surface area (Å²) in [7, 11) is 0. The molecule has 0 saturated heterocycles. The zero-order chi connectivity index (χ0) is 29.0. The summed E-state index contributed by atoms with van der Waals surface area (Å²) in [6.45, 7) is 7.40. The van der Waals surface area contributed by atoms with Crippen molar-refractivity contribution in [3.8, 4) is 0 Å². The van der Waals surface area contributed by atoms with Gasteiger partial charge in [-0.1, -0.05) is 50.3 Å². The number of carboxylic acid groups (broad SMARTS) is 1. The number of aliphatic hydroxyl groups is 5. The lowest BCUT2D eigenvalue weighted by Gasteiger charge is -2.30. The molecular formula is C32H44O7. The number of aliphatic carboxylic acids is 1. The molecule has 0 aliphatic heterocycles. The van der Waals surface area contributed by atoms with Crippen LogP contribution in [-0.4, -0.2) is 67.6 Å². The number of carboxylic acids is 1. The molecule has 0 radical (unpaired) electrons. The Morgan fingerprint density at radius 1 is 0.744 bits per heavy atom. The van der Waals surface area contributed by atoms with E-state index in [-0.39, 0.29) is 12.0 Å². The first-order valence-corrected chi connectivity index (χ1v) is 13.8. The van der Waals surface area contributed by atoms with Crippen molar-refractivity contribution in [2.45, 2.75) is 90.6 Å². The molecule has 0 heterocycles. The first kappa shape index (κ1) is 31.0. The lowest BCUT2D eigenvalue weighted by molar-refractivity contribution is -0.147. The average molecular weight is 541 g/mol. The minimum Gasteiger partial charge on any atom is -0.481 e. The molecule has 4 atom stereocenters. The second-order valence-corrected chi connectivity index (χ2v) is 12.3. The first-order valence-electron chi connectivity index (χ1n) is 13.8. The van der Waals surface area contributed by atoms with Gasteiger partial charge in [-0.3, -0.25) is 4.79 Å². The Morgan fingerprint density at radius 3 is 1.59 bits per heavy atom. The Bertz CT molecular complexity index is 1150. The van der Waals surface area contributed by atoms with Crippen molar-refractivity contribution in [2.24, 2.45) is 10.8 Å². The van der Waals surface area contributed by atoms with E-state index < -0.39 is 35.8 Å². The van der Waals surface area contributed by atoms with E-state index in [4.69, 9.17) is 0 Å². The van der Waals surface area contributed by atoms with E-state index in [9.17, 15) is 35.4 Å². The van der Waals surface area contributed by atoms with Gasteiger partial charge in [-0.05, 0) is 103 Å². The maximum atomic E-state index is 11.5. The molecule has 7 heteroatoms. The Hall–Kier alpha value is -2.55. The number of hydrogen-bond donors (Lipinski definition) is 6. The van der Waals surface area contributed by atoms with Crippen LogP contribution in [0.5, 0.6) is 0 Å². The summed E-state index contributed by atoms with van der Waals surface area (Å²) in [5.41, 5.74) is 2.60. The predicted molar refractivity (Wildman–Crippen MR) is 153 cm³/mol. The molecule has 0 amide bonds. The molecule has 2 aliphatic rings. The number of rotatable bonds is 12. The van der Waals surface area contributed by atoms with Gasteiger partial charge >= 0.3 is 5.97 Å². The van der Waals surface area contributed by atoms with Crippen LogP contribution in [0.2, 0.25) is 0 Å². The summed E-state index contributed by atoms with van der Waals surface area (Å²) in [5.74, 6) is -0.873. The molecule has 4 unspecified atom stereocenters. The van der Waals surface area contributed by atoms with Crippen molar-refractivity contribution < 1.29 is 35.4 Å².